The summed E-state index contributed by atoms with van der Waals surface area (Å²) in [5.41, 5.74) is 2.18. The first-order valence-electron chi connectivity index (χ1n) is 6.99. The molecular weight excluding hydrogens is 280 g/mol. The van der Waals surface area contributed by atoms with Gasteiger partial charge in [-0.15, -0.1) is 0 Å². The maximum Gasteiger partial charge on any atom is 0.171 e. The van der Waals surface area contributed by atoms with Gasteiger partial charge in [0.2, 0.25) is 0 Å². The Balaban J connectivity index is 1.96. The molecule has 0 aliphatic carbocycles. The molecule has 2 rings (SSSR count). The summed E-state index contributed by atoms with van der Waals surface area (Å²) in [7, 11) is 1.65. The van der Waals surface area contributed by atoms with Crippen LogP contribution in [0.1, 0.15) is 24.9 Å². The fourth-order valence-corrected chi connectivity index (χ4v) is 2.37. The highest BCUT2D eigenvalue weighted by Gasteiger charge is 2.10. The van der Waals surface area contributed by atoms with Crippen molar-refractivity contribution in [3.8, 4) is 5.75 Å². The highest BCUT2D eigenvalue weighted by atomic mass is 32.1. The molecule has 0 aliphatic heterocycles. The minimum absolute atomic E-state index is 0.212. The van der Waals surface area contributed by atoms with Gasteiger partial charge in [0, 0.05) is 5.69 Å². The number of benzene rings is 2. The first-order chi connectivity index (χ1) is 10.2. The van der Waals surface area contributed by atoms with E-state index < -0.39 is 0 Å². The molecule has 1 unspecified atom stereocenters. The maximum atomic E-state index is 5.39. The van der Waals surface area contributed by atoms with E-state index in [9.17, 15) is 0 Å². The second kappa shape index (κ2) is 7.64. The van der Waals surface area contributed by atoms with Crippen molar-refractivity contribution < 1.29 is 4.74 Å². The van der Waals surface area contributed by atoms with E-state index in [-0.39, 0.29) is 6.04 Å². The Morgan fingerprint density at radius 2 is 1.76 bits per heavy atom. The molecule has 0 aromatic heterocycles. The summed E-state index contributed by atoms with van der Waals surface area (Å²) in [5, 5.41) is 7.16. The summed E-state index contributed by atoms with van der Waals surface area (Å²) < 4.78 is 5.14. The van der Waals surface area contributed by atoms with Crippen LogP contribution in [0.25, 0.3) is 0 Å². The molecule has 0 saturated carbocycles. The van der Waals surface area contributed by atoms with Crippen molar-refractivity contribution in [2.75, 3.05) is 12.4 Å². The van der Waals surface area contributed by atoms with Crippen molar-refractivity contribution in [2.45, 2.75) is 19.4 Å². The summed E-state index contributed by atoms with van der Waals surface area (Å²) >= 11 is 5.39. The number of ether oxygens (including phenoxy) is 1. The molecule has 0 heterocycles. The van der Waals surface area contributed by atoms with E-state index in [1.807, 2.05) is 42.5 Å². The second-order valence-electron chi connectivity index (χ2n) is 4.70. The first kappa shape index (κ1) is 15.3. The summed E-state index contributed by atoms with van der Waals surface area (Å²) in [6.45, 7) is 2.14. The third-order valence-electron chi connectivity index (χ3n) is 3.26. The summed E-state index contributed by atoms with van der Waals surface area (Å²) in [5.74, 6) is 0.829. The molecule has 2 aromatic carbocycles. The number of hydrogen-bond acceptors (Lipinski definition) is 2. The minimum atomic E-state index is 0.212. The van der Waals surface area contributed by atoms with Gasteiger partial charge in [-0.25, -0.2) is 0 Å². The van der Waals surface area contributed by atoms with Gasteiger partial charge in [-0.2, -0.15) is 0 Å². The van der Waals surface area contributed by atoms with Crippen LogP contribution in [0.3, 0.4) is 0 Å². The highest BCUT2D eigenvalue weighted by molar-refractivity contribution is 7.80. The molecule has 0 fully saturated rings. The quantitative estimate of drug-likeness (QED) is 0.813. The lowest BCUT2D eigenvalue weighted by atomic mass is 10.1. The fraction of sp³-hybridized carbons (Fsp3) is 0.235. The van der Waals surface area contributed by atoms with Gasteiger partial charge in [0.1, 0.15) is 5.75 Å². The number of methoxy groups -OCH3 is 1. The van der Waals surface area contributed by atoms with Gasteiger partial charge in [0.25, 0.3) is 0 Å². The molecule has 0 radical (unpaired) electrons. The molecule has 1 atom stereocenters. The monoisotopic (exact) mass is 300 g/mol. The van der Waals surface area contributed by atoms with E-state index in [0.717, 1.165) is 17.9 Å². The average molecular weight is 300 g/mol. The van der Waals surface area contributed by atoms with Crippen LogP contribution in [0, 0.1) is 0 Å². The number of nitrogens with one attached hydrogen (secondary N) is 2. The second-order valence-corrected chi connectivity index (χ2v) is 5.11. The number of thiocarbonyl (C=S) groups is 1. The normalized spacial score (nSPS) is 11.5. The van der Waals surface area contributed by atoms with Crippen LogP contribution < -0.4 is 15.4 Å². The lowest BCUT2D eigenvalue weighted by Gasteiger charge is -2.20. The number of hydrogen-bond donors (Lipinski definition) is 2. The van der Waals surface area contributed by atoms with E-state index in [1.165, 1.54) is 5.56 Å². The van der Waals surface area contributed by atoms with Crippen LogP contribution in [0.2, 0.25) is 0 Å². The van der Waals surface area contributed by atoms with E-state index in [2.05, 4.69) is 29.7 Å². The molecule has 2 N–H and O–H groups in total. The van der Waals surface area contributed by atoms with E-state index in [4.69, 9.17) is 17.0 Å². The Bertz CT molecular complexity index is 569. The number of rotatable bonds is 5. The SMILES string of the molecule is CCC(NC(=S)Nc1ccc(OC)cc1)c1ccccc1. The maximum absolute atomic E-state index is 5.39. The standard InChI is InChI=1S/C17H20N2OS/c1-3-16(13-7-5-4-6-8-13)19-17(21)18-14-9-11-15(20-2)12-10-14/h4-12,16H,3H2,1-2H3,(H2,18,19,21). The van der Waals surface area contributed by atoms with E-state index >= 15 is 0 Å². The zero-order valence-corrected chi connectivity index (χ0v) is 13.1. The molecule has 4 heteroatoms. The Labute approximate surface area is 131 Å². The lowest BCUT2D eigenvalue weighted by molar-refractivity contribution is 0.415. The van der Waals surface area contributed by atoms with Crippen molar-refractivity contribution in [2.24, 2.45) is 0 Å². The highest BCUT2D eigenvalue weighted by Crippen LogP contribution is 2.17. The van der Waals surface area contributed by atoms with Gasteiger partial charge in [-0.05, 0) is 48.5 Å². The molecule has 2 aromatic rings. The molecule has 3 nitrogen and oxygen atoms in total. The van der Waals surface area contributed by atoms with Crippen LogP contribution in [0.5, 0.6) is 5.75 Å². The van der Waals surface area contributed by atoms with E-state index in [0.29, 0.717) is 5.11 Å². The molecule has 0 amide bonds. The molecule has 0 saturated heterocycles. The van der Waals surface area contributed by atoms with Crippen molar-refractivity contribution >= 4 is 23.0 Å². The van der Waals surface area contributed by atoms with E-state index in [1.54, 1.807) is 7.11 Å². The molecule has 21 heavy (non-hydrogen) atoms. The Morgan fingerprint density at radius 3 is 2.33 bits per heavy atom. The van der Waals surface area contributed by atoms with Crippen molar-refractivity contribution in [1.29, 1.82) is 0 Å². The van der Waals surface area contributed by atoms with Crippen LogP contribution in [-0.2, 0) is 0 Å². The minimum Gasteiger partial charge on any atom is -0.497 e. The molecule has 0 bridgehead atoms. The number of anilines is 1. The molecular formula is C17H20N2OS. The van der Waals surface area contributed by atoms with Crippen LogP contribution in [-0.4, -0.2) is 12.2 Å². The Kier molecular flexibility index (Phi) is 5.58. The fourth-order valence-electron chi connectivity index (χ4n) is 2.11. The summed E-state index contributed by atoms with van der Waals surface area (Å²) in [6, 6.07) is 18.2. The van der Waals surface area contributed by atoms with Crippen molar-refractivity contribution in [3.63, 3.8) is 0 Å². The topological polar surface area (TPSA) is 33.3 Å². The summed E-state index contributed by atoms with van der Waals surface area (Å²) in [4.78, 5) is 0. The van der Waals surface area contributed by atoms with Gasteiger partial charge in [0.05, 0.1) is 13.2 Å². The predicted octanol–water partition coefficient (Wildman–Crippen LogP) is 4.13. The largest absolute Gasteiger partial charge is 0.497 e. The molecule has 110 valence electrons. The van der Waals surface area contributed by atoms with Gasteiger partial charge in [-0.3, -0.25) is 0 Å². The average Bonchev–Trinajstić information content (AvgIpc) is 2.54. The lowest BCUT2D eigenvalue weighted by Crippen LogP contribution is -2.32. The zero-order valence-electron chi connectivity index (χ0n) is 12.3. The Hall–Kier alpha value is -2.07. The van der Waals surface area contributed by atoms with Gasteiger partial charge in [0.15, 0.2) is 5.11 Å². The third-order valence-corrected chi connectivity index (χ3v) is 3.48. The smallest absolute Gasteiger partial charge is 0.171 e. The van der Waals surface area contributed by atoms with Gasteiger partial charge in [-0.1, -0.05) is 37.3 Å². The van der Waals surface area contributed by atoms with Gasteiger partial charge < -0.3 is 15.4 Å². The van der Waals surface area contributed by atoms with Crippen molar-refractivity contribution in [1.82, 2.24) is 5.32 Å². The van der Waals surface area contributed by atoms with Gasteiger partial charge >= 0.3 is 0 Å². The van der Waals surface area contributed by atoms with Crippen molar-refractivity contribution in [3.05, 3.63) is 60.2 Å². The third kappa shape index (κ3) is 4.46. The molecule has 0 aliphatic rings. The van der Waals surface area contributed by atoms with Crippen LogP contribution in [0.15, 0.2) is 54.6 Å². The Morgan fingerprint density at radius 1 is 1.10 bits per heavy atom. The zero-order chi connectivity index (χ0) is 15.1. The van der Waals surface area contributed by atoms with Crippen LogP contribution >= 0.6 is 12.2 Å². The molecule has 0 spiro atoms. The summed E-state index contributed by atoms with van der Waals surface area (Å²) in [6.07, 6.45) is 0.967. The predicted molar refractivity (Wildman–Crippen MR) is 91.8 cm³/mol. The first-order valence-corrected chi connectivity index (χ1v) is 7.40. The van der Waals surface area contributed by atoms with Crippen LogP contribution in [0.4, 0.5) is 5.69 Å².